The number of hydrogen-bond acceptors (Lipinski definition) is 5. The maximum absolute atomic E-state index is 12.3. The molecule has 110 valence electrons. The fraction of sp³-hybridized carbons (Fsp3) is 0.267. The molecule has 0 aliphatic heterocycles. The number of aryl methyl sites for hydroxylation is 2. The van der Waals surface area contributed by atoms with E-state index >= 15 is 0 Å². The van der Waals surface area contributed by atoms with Gasteiger partial charge in [-0.25, -0.2) is 4.79 Å². The molecule has 1 amide bonds. The third-order valence-electron chi connectivity index (χ3n) is 3.11. The van der Waals surface area contributed by atoms with E-state index in [4.69, 9.17) is 9.26 Å². The smallest absolute Gasteiger partial charge is 0.333 e. The average Bonchev–Trinajstić information content (AvgIpc) is 2.84. The number of nitrogens with one attached hydrogen (secondary N) is 1. The molecule has 1 aromatic heterocycles. The van der Waals surface area contributed by atoms with Crippen LogP contribution in [0.2, 0.25) is 0 Å². The van der Waals surface area contributed by atoms with Gasteiger partial charge in [0.25, 0.3) is 5.91 Å². The molecule has 1 heterocycles. The molecule has 1 atom stereocenters. The molecule has 0 saturated heterocycles. The molecule has 6 heteroatoms. The molecule has 0 saturated carbocycles. The standard InChI is InChI=1S/C15H16N2O4/c1-9-12(10(2)21-17-9)14(18)16-13(15(19)20-3)11-7-5-4-6-8-11/h4-8,13H,1-3H3,(H,16,18). The highest BCUT2D eigenvalue weighted by Crippen LogP contribution is 2.17. The minimum absolute atomic E-state index is 0.333. The Kier molecular flexibility index (Phi) is 4.37. The first-order chi connectivity index (χ1) is 10.0. The molecule has 6 nitrogen and oxygen atoms in total. The summed E-state index contributed by atoms with van der Waals surface area (Å²) in [5.74, 6) is -0.562. The number of carbonyl (C=O) groups excluding carboxylic acids is 2. The SMILES string of the molecule is COC(=O)C(NC(=O)c1c(C)noc1C)c1ccccc1. The van der Waals surface area contributed by atoms with Gasteiger partial charge in [0.15, 0.2) is 6.04 Å². The molecule has 2 aromatic rings. The van der Waals surface area contributed by atoms with E-state index in [1.54, 1.807) is 38.1 Å². The third-order valence-corrected chi connectivity index (χ3v) is 3.11. The number of benzene rings is 1. The quantitative estimate of drug-likeness (QED) is 0.869. The number of nitrogens with zero attached hydrogens (tertiary/aromatic N) is 1. The topological polar surface area (TPSA) is 81.4 Å². The largest absolute Gasteiger partial charge is 0.467 e. The summed E-state index contributed by atoms with van der Waals surface area (Å²) >= 11 is 0. The molecule has 0 aliphatic rings. The van der Waals surface area contributed by atoms with Crippen molar-refractivity contribution < 1.29 is 18.8 Å². The molecule has 1 N–H and O–H groups in total. The van der Waals surface area contributed by atoms with E-state index in [9.17, 15) is 9.59 Å². The van der Waals surface area contributed by atoms with Gasteiger partial charge in [-0.05, 0) is 19.4 Å². The summed E-state index contributed by atoms with van der Waals surface area (Å²) in [4.78, 5) is 24.2. The van der Waals surface area contributed by atoms with E-state index in [0.717, 1.165) is 0 Å². The molecular formula is C15H16N2O4. The van der Waals surface area contributed by atoms with E-state index in [-0.39, 0.29) is 0 Å². The first-order valence-corrected chi connectivity index (χ1v) is 6.41. The Balaban J connectivity index is 2.28. The van der Waals surface area contributed by atoms with Crippen molar-refractivity contribution in [2.75, 3.05) is 7.11 Å². The highest BCUT2D eigenvalue weighted by atomic mass is 16.5. The van der Waals surface area contributed by atoms with Crippen molar-refractivity contribution in [1.29, 1.82) is 0 Å². The van der Waals surface area contributed by atoms with Crippen LogP contribution < -0.4 is 5.32 Å². The van der Waals surface area contributed by atoms with Gasteiger partial charge in [0.05, 0.1) is 12.8 Å². The predicted octanol–water partition coefficient (Wildman–Crippen LogP) is 1.94. The van der Waals surface area contributed by atoms with Crippen LogP contribution in [0.4, 0.5) is 0 Å². The van der Waals surface area contributed by atoms with Gasteiger partial charge in [-0.3, -0.25) is 4.79 Å². The number of esters is 1. The average molecular weight is 288 g/mol. The number of methoxy groups -OCH3 is 1. The van der Waals surface area contributed by atoms with Crippen LogP contribution in [0.5, 0.6) is 0 Å². The molecule has 1 aromatic carbocycles. The number of carbonyl (C=O) groups is 2. The zero-order valence-electron chi connectivity index (χ0n) is 12.0. The third kappa shape index (κ3) is 3.10. The van der Waals surface area contributed by atoms with E-state index < -0.39 is 17.9 Å². The van der Waals surface area contributed by atoms with Crippen molar-refractivity contribution in [3.05, 3.63) is 52.9 Å². The second-order valence-corrected chi connectivity index (χ2v) is 4.54. The highest BCUT2D eigenvalue weighted by molar-refractivity contribution is 5.98. The molecule has 21 heavy (non-hydrogen) atoms. The lowest BCUT2D eigenvalue weighted by atomic mass is 10.1. The van der Waals surface area contributed by atoms with Gasteiger partial charge in [0.2, 0.25) is 0 Å². The van der Waals surface area contributed by atoms with Crippen LogP contribution in [0.15, 0.2) is 34.9 Å². The van der Waals surface area contributed by atoms with Crippen LogP contribution in [0.25, 0.3) is 0 Å². The second kappa shape index (κ2) is 6.21. The van der Waals surface area contributed by atoms with Crippen LogP contribution in [0, 0.1) is 13.8 Å². The Morgan fingerprint density at radius 2 is 1.90 bits per heavy atom. The molecule has 0 spiro atoms. The second-order valence-electron chi connectivity index (χ2n) is 4.54. The minimum Gasteiger partial charge on any atom is -0.467 e. The first kappa shape index (κ1) is 14.8. The van der Waals surface area contributed by atoms with Gasteiger partial charge < -0.3 is 14.6 Å². The molecule has 0 bridgehead atoms. The normalized spacial score (nSPS) is 11.8. The Hall–Kier alpha value is -2.63. The summed E-state index contributed by atoms with van der Waals surface area (Å²) in [5, 5.41) is 6.38. The molecular weight excluding hydrogens is 272 g/mol. The van der Waals surface area contributed by atoms with E-state index in [2.05, 4.69) is 10.5 Å². The zero-order valence-corrected chi connectivity index (χ0v) is 12.0. The molecule has 0 aliphatic carbocycles. The van der Waals surface area contributed by atoms with Crippen LogP contribution >= 0.6 is 0 Å². The number of aromatic nitrogens is 1. The number of amides is 1. The van der Waals surface area contributed by atoms with Crippen LogP contribution in [0.1, 0.15) is 33.4 Å². The lowest BCUT2D eigenvalue weighted by Gasteiger charge is -2.16. The summed E-state index contributed by atoms with van der Waals surface area (Å²) in [6, 6.07) is 8.01. The van der Waals surface area contributed by atoms with Crippen molar-refractivity contribution in [3.8, 4) is 0 Å². The van der Waals surface area contributed by atoms with Crippen LogP contribution in [0.3, 0.4) is 0 Å². The minimum atomic E-state index is -0.877. The highest BCUT2D eigenvalue weighted by Gasteiger charge is 2.26. The Morgan fingerprint density at radius 3 is 2.43 bits per heavy atom. The number of rotatable bonds is 4. The van der Waals surface area contributed by atoms with Gasteiger partial charge in [-0.2, -0.15) is 0 Å². The summed E-state index contributed by atoms with van der Waals surface area (Å²) in [7, 11) is 1.28. The summed E-state index contributed by atoms with van der Waals surface area (Å²) < 4.78 is 9.72. The fourth-order valence-corrected chi connectivity index (χ4v) is 2.05. The number of hydrogen-bond donors (Lipinski definition) is 1. The van der Waals surface area contributed by atoms with Gasteiger partial charge in [-0.15, -0.1) is 0 Å². The Morgan fingerprint density at radius 1 is 1.24 bits per heavy atom. The Bertz CT molecular complexity index is 629. The van der Waals surface area contributed by atoms with Gasteiger partial charge in [0, 0.05) is 0 Å². The van der Waals surface area contributed by atoms with Crippen LogP contribution in [-0.2, 0) is 9.53 Å². The monoisotopic (exact) mass is 288 g/mol. The molecule has 1 unspecified atom stereocenters. The van der Waals surface area contributed by atoms with Gasteiger partial charge >= 0.3 is 5.97 Å². The fourth-order valence-electron chi connectivity index (χ4n) is 2.05. The van der Waals surface area contributed by atoms with Crippen molar-refractivity contribution in [2.24, 2.45) is 0 Å². The number of ether oxygens (including phenoxy) is 1. The van der Waals surface area contributed by atoms with Crippen molar-refractivity contribution >= 4 is 11.9 Å². The Labute approximate surface area is 122 Å². The maximum atomic E-state index is 12.3. The van der Waals surface area contributed by atoms with Crippen molar-refractivity contribution in [2.45, 2.75) is 19.9 Å². The summed E-state index contributed by atoms with van der Waals surface area (Å²) in [6.45, 7) is 3.31. The lowest BCUT2D eigenvalue weighted by Crippen LogP contribution is -2.35. The van der Waals surface area contributed by atoms with E-state index in [1.165, 1.54) is 7.11 Å². The van der Waals surface area contributed by atoms with Crippen molar-refractivity contribution in [3.63, 3.8) is 0 Å². The summed E-state index contributed by atoms with van der Waals surface area (Å²) in [5.41, 5.74) is 1.45. The molecule has 0 fully saturated rings. The molecule has 0 radical (unpaired) electrons. The van der Waals surface area contributed by atoms with Gasteiger partial charge in [-0.1, -0.05) is 35.5 Å². The lowest BCUT2D eigenvalue weighted by molar-refractivity contribution is -0.143. The maximum Gasteiger partial charge on any atom is 0.333 e. The van der Waals surface area contributed by atoms with Crippen LogP contribution in [-0.4, -0.2) is 24.1 Å². The summed E-state index contributed by atoms with van der Waals surface area (Å²) in [6.07, 6.45) is 0. The van der Waals surface area contributed by atoms with Gasteiger partial charge in [0.1, 0.15) is 11.3 Å². The molecule has 2 rings (SSSR count). The predicted molar refractivity (Wildman–Crippen MR) is 74.6 cm³/mol. The first-order valence-electron chi connectivity index (χ1n) is 6.41. The van der Waals surface area contributed by atoms with E-state index in [1.807, 2.05) is 6.07 Å². The van der Waals surface area contributed by atoms with E-state index in [0.29, 0.717) is 22.6 Å². The van der Waals surface area contributed by atoms with Crippen molar-refractivity contribution in [1.82, 2.24) is 10.5 Å². The zero-order chi connectivity index (χ0) is 15.4.